The molecule has 0 aliphatic carbocycles. The molecule has 0 N–H and O–H groups in total. The van der Waals surface area contributed by atoms with Crippen LogP contribution in [-0.4, -0.2) is 12.6 Å². The Morgan fingerprint density at radius 2 is 1.95 bits per heavy atom. The minimum absolute atomic E-state index is 0.318. The first-order valence-electron chi connectivity index (χ1n) is 7.18. The van der Waals surface area contributed by atoms with E-state index in [9.17, 15) is 4.79 Å². The zero-order chi connectivity index (χ0) is 15.8. The highest BCUT2D eigenvalue weighted by atomic mass is 16.5. The van der Waals surface area contributed by atoms with Crippen molar-refractivity contribution in [3.8, 4) is 17.6 Å². The minimum atomic E-state index is -0.498. The molecule has 2 rings (SSSR count). The monoisotopic (exact) mass is 295 g/mol. The summed E-state index contributed by atoms with van der Waals surface area (Å²) in [6.45, 7) is 2.55. The molecule has 0 bridgehead atoms. The molecule has 4 nitrogen and oxygen atoms in total. The number of benzene rings is 2. The fourth-order valence-electron chi connectivity index (χ4n) is 1.86. The van der Waals surface area contributed by atoms with Crippen LogP contribution in [0.5, 0.6) is 11.5 Å². The van der Waals surface area contributed by atoms with Crippen LogP contribution in [0.2, 0.25) is 0 Å². The lowest BCUT2D eigenvalue weighted by molar-refractivity contribution is 0.0730. The first-order chi connectivity index (χ1) is 10.7. The normalized spacial score (nSPS) is 9.82. The van der Waals surface area contributed by atoms with E-state index in [1.807, 2.05) is 12.1 Å². The van der Waals surface area contributed by atoms with E-state index in [1.54, 1.807) is 42.5 Å². The lowest BCUT2D eigenvalue weighted by Gasteiger charge is -2.11. The Kier molecular flexibility index (Phi) is 5.56. The summed E-state index contributed by atoms with van der Waals surface area (Å²) in [5.41, 5.74) is 0.765. The summed E-state index contributed by atoms with van der Waals surface area (Å²) in [5, 5.41) is 8.98. The van der Waals surface area contributed by atoms with Gasteiger partial charge in [-0.15, -0.1) is 0 Å². The molecule has 0 fully saturated rings. The van der Waals surface area contributed by atoms with Gasteiger partial charge >= 0.3 is 5.97 Å². The average molecular weight is 295 g/mol. The molecule has 0 atom stereocenters. The predicted octanol–water partition coefficient (Wildman–Crippen LogP) is 3.96. The van der Waals surface area contributed by atoms with Crippen molar-refractivity contribution in [2.75, 3.05) is 6.61 Å². The number of rotatable bonds is 6. The number of carbonyl (C=O) groups excluding carboxylic acids is 1. The number of nitrogens with zero attached hydrogens (tertiary/aromatic N) is 1. The SMILES string of the molecule is CCCCOc1cc(C#N)ccc1C(=O)Oc1ccccc1. The lowest BCUT2D eigenvalue weighted by atomic mass is 10.1. The highest BCUT2D eigenvalue weighted by molar-refractivity contribution is 5.94. The van der Waals surface area contributed by atoms with E-state index in [2.05, 4.69) is 6.92 Å². The average Bonchev–Trinajstić information content (AvgIpc) is 2.55. The first kappa shape index (κ1) is 15.6. The summed E-state index contributed by atoms with van der Waals surface area (Å²) in [6, 6.07) is 15.6. The summed E-state index contributed by atoms with van der Waals surface area (Å²) in [5.74, 6) is 0.354. The summed E-state index contributed by atoms with van der Waals surface area (Å²) < 4.78 is 10.9. The van der Waals surface area contributed by atoms with Gasteiger partial charge < -0.3 is 9.47 Å². The molecule has 2 aromatic carbocycles. The van der Waals surface area contributed by atoms with Crippen LogP contribution in [0.25, 0.3) is 0 Å². The number of unbranched alkanes of at least 4 members (excludes halogenated alkanes) is 1. The number of para-hydroxylation sites is 1. The van der Waals surface area contributed by atoms with Crippen LogP contribution in [0.4, 0.5) is 0 Å². The van der Waals surface area contributed by atoms with E-state index in [-0.39, 0.29) is 0 Å². The molecule has 0 saturated carbocycles. The Bertz CT molecular complexity index is 674. The van der Waals surface area contributed by atoms with Crippen molar-refractivity contribution < 1.29 is 14.3 Å². The van der Waals surface area contributed by atoms with Crippen LogP contribution >= 0.6 is 0 Å². The molecule has 0 aliphatic heterocycles. The second-order valence-corrected chi connectivity index (χ2v) is 4.73. The standard InChI is InChI=1S/C18H17NO3/c1-2-3-11-21-17-12-14(13-19)9-10-16(17)18(20)22-15-7-5-4-6-8-15/h4-10,12H,2-3,11H2,1H3. The maximum Gasteiger partial charge on any atom is 0.347 e. The van der Waals surface area contributed by atoms with Crippen LogP contribution in [0, 0.1) is 11.3 Å². The highest BCUT2D eigenvalue weighted by Crippen LogP contribution is 2.23. The molecule has 0 saturated heterocycles. The van der Waals surface area contributed by atoms with Gasteiger partial charge in [0.2, 0.25) is 0 Å². The molecular formula is C18H17NO3. The van der Waals surface area contributed by atoms with Crippen molar-refractivity contribution in [3.05, 3.63) is 59.7 Å². The van der Waals surface area contributed by atoms with Gasteiger partial charge in [-0.05, 0) is 36.8 Å². The minimum Gasteiger partial charge on any atom is -0.493 e. The van der Waals surface area contributed by atoms with E-state index in [0.29, 0.717) is 29.2 Å². The van der Waals surface area contributed by atoms with Crippen molar-refractivity contribution in [2.24, 2.45) is 0 Å². The second kappa shape index (κ2) is 7.84. The Morgan fingerprint density at radius 3 is 2.64 bits per heavy atom. The molecule has 0 heterocycles. The van der Waals surface area contributed by atoms with Crippen LogP contribution in [0.15, 0.2) is 48.5 Å². The van der Waals surface area contributed by atoms with Gasteiger partial charge in [-0.25, -0.2) is 4.79 Å². The molecule has 0 amide bonds. The predicted molar refractivity (Wildman–Crippen MR) is 83.0 cm³/mol. The Hall–Kier alpha value is -2.80. The fourth-order valence-corrected chi connectivity index (χ4v) is 1.86. The molecule has 0 aliphatic rings. The molecule has 4 heteroatoms. The van der Waals surface area contributed by atoms with Gasteiger partial charge in [-0.1, -0.05) is 31.5 Å². The number of hydrogen-bond donors (Lipinski definition) is 0. The summed E-state index contributed by atoms with van der Waals surface area (Å²) >= 11 is 0. The summed E-state index contributed by atoms with van der Waals surface area (Å²) in [6.07, 6.45) is 1.87. The van der Waals surface area contributed by atoms with E-state index in [4.69, 9.17) is 14.7 Å². The van der Waals surface area contributed by atoms with Crippen molar-refractivity contribution in [2.45, 2.75) is 19.8 Å². The number of carbonyl (C=O) groups is 1. The van der Waals surface area contributed by atoms with Crippen molar-refractivity contribution in [3.63, 3.8) is 0 Å². The Morgan fingerprint density at radius 1 is 1.18 bits per heavy atom. The van der Waals surface area contributed by atoms with Gasteiger partial charge in [-0.2, -0.15) is 5.26 Å². The number of hydrogen-bond acceptors (Lipinski definition) is 4. The molecule has 22 heavy (non-hydrogen) atoms. The number of esters is 1. The summed E-state index contributed by atoms with van der Waals surface area (Å²) in [4.78, 5) is 12.3. The number of nitriles is 1. The third-order valence-electron chi connectivity index (χ3n) is 3.04. The van der Waals surface area contributed by atoms with Gasteiger partial charge in [-0.3, -0.25) is 0 Å². The topological polar surface area (TPSA) is 59.3 Å². The Labute approximate surface area is 129 Å². The quantitative estimate of drug-likeness (QED) is 0.460. The van der Waals surface area contributed by atoms with Crippen LogP contribution in [0.3, 0.4) is 0 Å². The molecule has 112 valence electrons. The second-order valence-electron chi connectivity index (χ2n) is 4.73. The van der Waals surface area contributed by atoms with Crippen molar-refractivity contribution >= 4 is 5.97 Å². The van der Waals surface area contributed by atoms with Gasteiger partial charge in [0.25, 0.3) is 0 Å². The molecule has 2 aromatic rings. The van der Waals surface area contributed by atoms with Gasteiger partial charge in [0.05, 0.1) is 18.2 Å². The number of ether oxygens (including phenoxy) is 2. The van der Waals surface area contributed by atoms with E-state index in [1.165, 1.54) is 0 Å². The van der Waals surface area contributed by atoms with Gasteiger partial charge in [0.1, 0.15) is 17.1 Å². The molecular weight excluding hydrogens is 278 g/mol. The highest BCUT2D eigenvalue weighted by Gasteiger charge is 2.16. The van der Waals surface area contributed by atoms with E-state index < -0.39 is 5.97 Å². The van der Waals surface area contributed by atoms with Crippen molar-refractivity contribution in [1.29, 1.82) is 5.26 Å². The van der Waals surface area contributed by atoms with Gasteiger partial charge in [0, 0.05) is 0 Å². The van der Waals surface area contributed by atoms with Crippen molar-refractivity contribution in [1.82, 2.24) is 0 Å². The van der Waals surface area contributed by atoms with Crippen LogP contribution in [0.1, 0.15) is 35.7 Å². The summed E-state index contributed by atoms with van der Waals surface area (Å²) in [7, 11) is 0. The van der Waals surface area contributed by atoms with Crippen LogP contribution < -0.4 is 9.47 Å². The maximum absolute atomic E-state index is 12.3. The molecule has 0 spiro atoms. The van der Waals surface area contributed by atoms with Gasteiger partial charge in [0.15, 0.2) is 0 Å². The zero-order valence-corrected chi connectivity index (χ0v) is 12.4. The van der Waals surface area contributed by atoms with Crippen LogP contribution in [-0.2, 0) is 0 Å². The lowest BCUT2D eigenvalue weighted by Crippen LogP contribution is -2.11. The molecule has 0 unspecified atom stereocenters. The fraction of sp³-hybridized carbons (Fsp3) is 0.222. The third kappa shape index (κ3) is 4.10. The van der Waals surface area contributed by atoms with E-state index in [0.717, 1.165) is 12.8 Å². The Balaban J connectivity index is 2.21. The molecule has 0 aromatic heterocycles. The molecule has 0 radical (unpaired) electrons. The first-order valence-corrected chi connectivity index (χ1v) is 7.18. The van der Waals surface area contributed by atoms with E-state index >= 15 is 0 Å². The zero-order valence-electron chi connectivity index (χ0n) is 12.4. The smallest absolute Gasteiger partial charge is 0.347 e. The third-order valence-corrected chi connectivity index (χ3v) is 3.04. The maximum atomic E-state index is 12.3. The largest absolute Gasteiger partial charge is 0.493 e.